The van der Waals surface area contributed by atoms with Gasteiger partial charge in [0.05, 0.1) is 23.6 Å². The number of benzene rings is 2. The van der Waals surface area contributed by atoms with Gasteiger partial charge in [-0.3, -0.25) is 9.69 Å². The molecule has 0 unspecified atom stereocenters. The lowest BCUT2D eigenvalue weighted by atomic mass is 10.1. The van der Waals surface area contributed by atoms with Gasteiger partial charge in [-0.05, 0) is 36.8 Å². The van der Waals surface area contributed by atoms with E-state index in [-0.39, 0.29) is 16.2 Å². The molecule has 0 radical (unpaired) electrons. The summed E-state index contributed by atoms with van der Waals surface area (Å²) in [4.78, 5) is 17.3. The van der Waals surface area contributed by atoms with Gasteiger partial charge in [-0.25, -0.2) is 12.4 Å². The van der Waals surface area contributed by atoms with Crippen molar-refractivity contribution in [1.29, 1.82) is 5.26 Å². The number of nitriles is 1. The number of hydrogen-bond donors (Lipinski definition) is 0. The van der Waals surface area contributed by atoms with Crippen molar-refractivity contribution in [3.05, 3.63) is 77.1 Å². The molecule has 0 atom stereocenters. The van der Waals surface area contributed by atoms with Crippen molar-refractivity contribution in [2.45, 2.75) is 18.4 Å². The Kier molecular flexibility index (Phi) is 7.08. The Morgan fingerprint density at radius 2 is 1.80 bits per heavy atom. The molecule has 0 spiro atoms. The highest BCUT2D eigenvalue weighted by Gasteiger charge is 2.28. The van der Waals surface area contributed by atoms with Crippen LogP contribution < -0.4 is 0 Å². The quantitative estimate of drug-likeness (QED) is 0.284. The van der Waals surface area contributed by atoms with E-state index in [2.05, 4.69) is 4.90 Å². The van der Waals surface area contributed by atoms with Crippen LogP contribution >= 0.6 is 0 Å². The van der Waals surface area contributed by atoms with Crippen molar-refractivity contribution in [1.82, 2.24) is 13.8 Å². The Balaban J connectivity index is 1.90. The van der Waals surface area contributed by atoms with Gasteiger partial charge < -0.3 is 9.64 Å². The Morgan fingerprint density at radius 3 is 2.43 bits per heavy atom. The minimum atomic E-state index is -4.12. The van der Waals surface area contributed by atoms with Crippen LogP contribution in [0.2, 0.25) is 0 Å². The standard InChI is InChI=1S/C26H28N4O4S/c1-19-4-8-23(9-5-19)35(32,33)30-24-14-20(17-29-10-12-34-13-11-29)6-7-21(24)15-25(30)26(31)22(16-27)18-28(2)3/h4-9,14-15,18H,10-13,17H2,1-3H3. The van der Waals surface area contributed by atoms with Gasteiger partial charge in [0.25, 0.3) is 10.0 Å². The highest BCUT2D eigenvalue weighted by Crippen LogP contribution is 2.29. The summed E-state index contributed by atoms with van der Waals surface area (Å²) >= 11 is 0. The van der Waals surface area contributed by atoms with Crippen LogP contribution in [0.15, 0.2) is 65.2 Å². The van der Waals surface area contributed by atoms with Crippen LogP contribution in [0.5, 0.6) is 0 Å². The lowest BCUT2D eigenvalue weighted by Gasteiger charge is -2.26. The van der Waals surface area contributed by atoms with E-state index in [1.165, 1.54) is 18.3 Å². The molecule has 3 aromatic rings. The SMILES string of the molecule is Cc1ccc(S(=O)(=O)n2c(C(=O)C(C#N)=CN(C)C)cc3ccc(CN4CCOCC4)cc32)cc1. The summed E-state index contributed by atoms with van der Waals surface area (Å²) in [7, 11) is -0.732. The number of hydrogen-bond acceptors (Lipinski definition) is 7. The Morgan fingerprint density at radius 1 is 1.11 bits per heavy atom. The van der Waals surface area contributed by atoms with E-state index in [1.807, 2.05) is 31.2 Å². The van der Waals surface area contributed by atoms with Crippen molar-refractivity contribution in [3.63, 3.8) is 0 Å². The monoisotopic (exact) mass is 492 g/mol. The lowest BCUT2D eigenvalue weighted by molar-refractivity contribution is 0.0342. The highest BCUT2D eigenvalue weighted by molar-refractivity contribution is 7.90. The number of morpholine rings is 1. The average molecular weight is 493 g/mol. The summed E-state index contributed by atoms with van der Waals surface area (Å²) < 4.78 is 34.2. The van der Waals surface area contributed by atoms with Gasteiger partial charge in [0.2, 0.25) is 5.78 Å². The van der Waals surface area contributed by atoms with Crippen molar-refractivity contribution in [2.75, 3.05) is 40.4 Å². The van der Waals surface area contributed by atoms with E-state index in [0.29, 0.717) is 30.7 Å². The molecule has 0 N–H and O–H groups in total. The predicted octanol–water partition coefficient (Wildman–Crippen LogP) is 3.17. The average Bonchev–Trinajstić information content (AvgIpc) is 3.22. The lowest BCUT2D eigenvalue weighted by Crippen LogP contribution is -2.35. The van der Waals surface area contributed by atoms with E-state index < -0.39 is 15.8 Å². The molecule has 182 valence electrons. The van der Waals surface area contributed by atoms with E-state index >= 15 is 0 Å². The minimum Gasteiger partial charge on any atom is -0.382 e. The number of ether oxygens (including phenoxy) is 1. The Hall–Kier alpha value is -3.45. The van der Waals surface area contributed by atoms with Crippen molar-refractivity contribution >= 4 is 26.7 Å². The summed E-state index contributed by atoms with van der Waals surface area (Å²) in [6.07, 6.45) is 1.40. The fourth-order valence-corrected chi connectivity index (χ4v) is 5.61. The third-order valence-corrected chi connectivity index (χ3v) is 7.62. The van der Waals surface area contributed by atoms with Crippen LogP contribution in [0, 0.1) is 18.3 Å². The van der Waals surface area contributed by atoms with Crippen LogP contribution in [0.3, 0.4) is 0 Å². The van der Waals surface area contributed by atoms with Gasteiger partial charge in [-0.2, -0.15) is 5.26 Å². The van der Waals surface area contributed by atoms with Crippen LogP contribution in [0.25, 0.3) is 10.9 Å². The Labute approximate surface area is 205 Å². The molecule has 0 amide bonds. The molecule has 0 aliphatic carbocycles. The fraction of sp³-hybridized carbons (Fsp3) is 0.308. The summed E-state index contributed by atoms with van der Waals surface area (Å²) in [5.41, 5.74) is 2.04. The summed E-state index contributed by atoms with van der Waals surface area (Å²) in [6, 6.07) is 15.5. The number of allylic oxidation sites excluding steroid dienone is 1. The number of carbonyl (C=O) groups excluding carboxylic acids is 1. The van der Waals surface area contributed by atoms with Gasteiger partial charge in [-0.15, -0.1) is 0 Å². The molecule has 1 aromatic heterocycles. The third kappa shape index (κ3) is 5.15. The molecule has 1 fully saturated rings. The second kappa shape index (κ2) is 10.0. The number of fused-ring (bicyclic) bond motifs is 1. The molecule has 2 heterocycles. The summed E-state index contributed by atoms with van der Waals surface area (Å²) in [5.74, 6) is -0.650. The maximum Gasteiger partial charge on any atom is 0.268 e. The molecule has 1 saturated heterocycles. The van der Waals surface area contributed by atoms with Gasteiger partial charge in [0.15, 0.2) is 0 Å². The van der Waals surface area contributed by atoms with Gasteiger partial charge in [0, 0.05) is 45.3 Å². The van der Waals surface area contributed by atoms with Gasteiger partial charge in [-0.1, -0.05) is 29.8 Å². The van der Waals surface area contributed by atoms with Gasteiger partial charge >= 0.3 is 0 Å². The number of aryl methyl sites for hydroxylation is 1. The first-order chi connectivity index (χ1) is 16.7. The zero-order valence-electron chi connectivity index (χ0n) is 20.1. The number of nitrogens with zero attached hydrogens (tertiary/aromatic N) is 4. The van der Waals surface area contributed by atoms with E-state index in [4.69, 9.17) is 4.74 Å². The molecule has 4 rings (SSSR count). The zero-order chi connectivity index (χ0) is 25.2. The minimum absolute atomic E-state index is 0.0706. The fourth-order valence-electron chi connectivity index (χ4n) is 4.11. The molecular weight excluding hydrogens is 464 g/mol. The van der Waals surface area contributed by atoms with Crippen LogP contribution in [-0.4, -0.2) is 68.4 Å². The number of ketones is 1. The van der Waals surface area contributed by atoms with E-state index in [1.54, 1.807) is 37.2 Å². The first kappa shape index (κ1) is 24.7. The van der Waals surface area contributed by atoms with Crippen molar-refractivity contribution in [2.24, 2.45) is 0 Å². The third-order valence-electron chi connectivity index (χ3n) is 5.88. The van der Waals surface area contributed by atoms with Crippen molar-refractivity contribution in [3.8, 4) is 6.07 Å². The smallest absolute Gasteiger partial charge is 0.268 e. The molecule has 0 saturated carbocycles. The molecule has 8 nitrogen and oxygen atoms in total. The molecule has 35 heavy (non-hydrogen) atoms. The van der Waals surface area contributed by atoms with E-state index in [0.717, 1.165) is 28.2 Å². The highest BCUT2D eigenvalue weighted by atomic mass is 32.2. The number of carbonyl (C=O) groups is 1. The van der Waals surface area contributed by atoms with Crippen molar-refractivity contribution < 1.29 is 17.9 Å². The van der Waals surface area contributed by atoms with Gasteiger partial charge in [0.1, 0.15) is 17.3 Å². The molecular formula is C26H28N4O4S. The zero-order valence-corrected chi connectivity index (χ0v) is 20.9. The first-order valence-corrected chi connectivity index (χ1v) is 12.7. The molecule has 1 aliphatic rings. The number of aromatic nitrogens is 1. The molecule has 0 bridgehead atoms. The number of rotatable bonds is 7. The predicted molar refractivity (Wildman–Crippen MR) is 134 cm³/mol. The first-order valence-electron chi connectivity index (χ1n) is 11.3. The Bertz CT molecular complexity index is 1420. The summed E-state index contributed by atoms with van der Waals surface area (Å²) in [5, 5.41) is 10.2. The van der Waals surface area contributed by atoms with Crippen LogP contribution in [-0.2, 0) is 21.3 Å². The van der Waals surface area contributed by atoms with Crippen LogP contribution in [0.1, 0.15) is 21.6 Å². The largest absolute Gasteiger partial charge is 0.382 e. The molecule has 2 aromatic carbocycles. The van der Waals surface area contributed by atoms with E-state index in [9.17, 15) is 18.5 Å². The maximum absolute atomic E-state index is 13.9. The normalized spacial score (nSPS) is 15.2. The summed E-state index contributed by atoms with van der Waals surface area (Å²) in [6.45, 7) is 5.43. The maximum atomic E-state index is 13.9. The topological polar surface area (TPSA) is 95.6 Å². The van der Waals surface area contributed by atoms with Crippen LogP contribution in [0.4, 0.5) is 0 Å². The molecule has 9 heteroatoms. The second-order valence-electron chi connectivity index (χ2n) is 8.84. The second-order valence-corrected chi connectivity index (χ2v) is 10.6. The number of Topliss-reactive ketones (excluding diaryl/α,β-unsaturated/α-hetero) is 1. The molecule has 1 aliphatic heterocycles.